The minimum Gasteiger partial charge on any atom is -0.396 e. The number of hydrogen-bond acceptors (Lipinski definition) is 2. The quantitative estimate of drug-likeness (QED) is 0.206. The van der Waals surface area contributed by atoms with Gasteiger partial charge in [0.2, 0.25) is 0 Å². The first-order valence-electron chi connectivity index (χ1n) is 12.0. The number of aliphatic hydroxyl groups excluding tert-OH is 2. The Morgan fingerprint density at radius 1 is 0.538 bits per heavy atom. The van der Waals surface area contributed by atoms with Gasteiger partial charge in [-0.3, -0.25) is 0 Å². The highest BCUT2D eigenvalue weighted by Crippen LogP contribution is 2.19. The molecule has 0 amide bonds. The van der Waals surface area contributed by atoms with E-state index >= 15 is 0 Å². The number of aliphatic hydroxyl groups is 2. The third kappa shape index (κ3) is 20.2. The normalized spacial score (nSPS) is 13.8. The van der Waals surface area contributed by atoms with Crippen LogP contribution in [0.15, 0.2) is 0 Å². The monoisotopic (exact) mass is 370 g/mol. The first-order chi connectivity index (χ1) is 12.7. The van der Waals surface area contributed by atoms with Crippen LogP contribution in [0.5, 0.6) is 0 Å². The fraction of sp³-hybridized carbons (Fsp3) is 1.00. The van der Waals surface area contributed by atoms with Gasteiger partial charge in [-0.2, -0.15) is 0 Å². The summed E-state index contributed by atoms with van der Waals surface area (Å²) in [7, 11) is 0. The predicted octanol–water partition coefficient (Wildman–Crippen LogP) is 7.41. The molecule has 0 aromatic carbocycles. The third-order valence-corrected chi connectivity index (χ3v) is 5.71. The molecule has 0 aliphatic heterocycles. The largest absolute Gasteiger partial charge is 0.396 e. The van der Waals surface area contributed by atoms with E-state index in [1.165, 1.54) is 109 Å². The average Bonchev–Trinajstić information content (AvgIpc) is 2.63. The van der Waals surface area contributed by atoms with Gasteiger partial charge in [0.05, 0.1) is 6.10 Å². The van der Waals surface area contributed by atoms with Gasteiger partial charge in [0.25, 0.3) is 0 Å². The third-order valence-electron chi connectivity index (χ3n) is 5.71. The van der Waals surface area contributed by atoms with Gasteiger partial charge >= 0.3 is 0 Å². The SMILES string of the molecule is CCCCCCCCCCCCC(CO)CCCCCCCCC(C)O. The summed E-state index contributed by atoms with van der Waals surface area (Å²) in [5.41, 5.74) is 0. The van der Waals surface area contributed by atoms with Crippen LogP contribution in [0, 0.1) is 5.92 Å². The molecule has 0 rings (SSSR count). The Labute approximate surface area is 165 Å². The highest BCUT2D eigenvalue weighted by Gasteiger charge is 2.07. The number of rotatable bonds is 21. The molecule has 2 unspecified atom stereocenters. The van der Waals surface area contributed by atoms with Crippen LogP contribution >= 0.6 is 0 Å². The molecule has 0 saturated heterocycles. The lowest BCUT2D eigenvalue weighted by molar-refractivity contribution is 0.180. The molecule has 2 heteroatoms. The molecule has 0 aliphatic carbocycles. The van der Waals surface area contributed by atoms with Gasteiger partial charge in [0.1, 0.15) is 0 Å². The zero-order chi connectivity index (χ0) is 19.3. The molecule has 158 valence electrons. The molecular formula is C24H50O2. The van der Waals surface area contributed by atoms with Crippen LogP contribution in [0.1, 0.15) is 136 Å². The van der Waals surface area contributed by atoms with E-state index in [2.05, 4.69) is 6.92 Å². The molecule has 0 aromatic rings. The molecule has 2 atom stereocenters. The van der Waals surface area contributed by atoms with Crippen molar-refractivity contribution in [1.82, 2.24) is 0 Å². The van der Waals surface area contributed by atoms with Gasteiger partial charge in [-0.05, 0) is 32.1 Å². The van der Waals surface area contributed by atoms with Crippen molar-refractivity contribution in [3.63, 3.8) is 0 Å². The van der Waals surface area contributed by atoms with Gasteiger partial charge in [0, 0.05) is 6.61 Å². The second kappa shape index (κ2) is 21.2. The van der Waals surface area contributed by atoms with Crippen LogP contribution in [-0.4, -0.2) is 22.9 Å². The number of unbranched alkanes of at least 4 members (excludes halogenated alkanes) is 14. The molecule has 0 heterocycles. The van der Waals surface area contributed by atoms with Crippen molar-refractivity contribution in [1.29, 1.82) is 0 Å². The molecule has 0 aliphatic rings. The first-order valence-corrected chi connectivity index (χ1v) is 12.0. The van der Waals surface area contributed by atoms with Crippen LogP contribution in [0.25, 0.3) is 0 Å². The maximum Gasteiger partial charge on any atom is 0.0512 e. The molecule has 2 N–H and O–H groups in total. The zero-order valence-corrected chi connectivity index (χ0v) is 18.2. The Kier molecular flexibility index (Phi) is 21.2. The summed E-state index contributed by atoms with van der Waals surface area (Å²) in [6.45, 7) is 4.54. The summed E-state index contributed by atoms with van der Waals surface area (Å²) in [6, 6.07) is 0. The lowest BCUT2D eigenvalue weighted by atomic mass is 9.94. The molecule has 0 bridgehead atoms. The minimum absolute atomic E-state index is 0.133. The van der Waals surface area contributed by atoms with Crippen molar-refractivity contribution in [2.75, 3.05) is 6.61 Å². The van der Waals surface area contributed by atoms with Crippen LogP contribution < -0.4 is 0 Å². The van der Waals surface area contributed by atoms with E-state index in [9.17, 15) is 10.2 Å². The fourth-order valence-corrected chi connectivity index (χ4v) is 3.83. The van der Waals surface area contributed by atoms with E-state index in [1.807, 2.05) is 6.92 Å². The average molecular weight is 371 g/mol. The van der Waals surface area contributed by atoms with E-state index in [-0.39, 0.29) is 6.10 Å². The maximum absolute atomic E-state index is 9.57. The van der Waals surface area contributed by atoms with Crippen molar-refractivity contribution >= 4 is 0 Å². The summed E-state index contributed by atoms with van der Waals surface area (Å²) < 4.78 is 0. The van der Waals surface area contributed by atoms with Crippen LogP contribution in [-0.2, 0) is 0 Å². The van der Waals surface area contributed by atoms with Gasteiger partial charge in [0.15, 0.2) is 0 Å². The van der Waals surface area contributed by atoms with Crippen molar-refractivity contribution in [2.45, 2.75) is 142 Å². The molecule has 2 nitrogen and oxygen atoms in total. The molecule has 0 fully saturated rings. The highest BCUT2D eigenvalue weighted by atomic mass is 16.3. The van der Waals surface area contributed by atoms with Crippen molar-refractivity contribution in [3.05, 3.63) is 0 Å². The van der Waals surface area contributed by atoms with E-state index in [0.717, 1.165) is 12.8 Å². The Morgan fingerprint density at radius 3 is 1.23 bits per heavy atom. The van der Waals surface area contributed by atoms with Crippen molar-refractivity contribution in [2.24, 2.45) is 5.92 Å². The second-order valence-electron chi connectivity index (χ2n) is 8.57. The Bertz CT molecular complexity index is 253. The van der Waals surface area contributed by atoms with Crippen molar-refractivity contribution in [3.8, 4) is 0 Å². The van der Waals surface area contributed by atoms with Gasteiger partial charge in [-0.25, -0.2) is 0 Å². The van der Waals surface area contributed by atoms with E-state index in [4.69, 9.17) is 0 Å². The minimum atomic E-state index is -0.133. The van der Waals surface area contributed by atoms with Gasteiger partial charge < -0.3 is 10.2 Å². The smallest absolute Gasteiger partial charge is 0.0512 e. The van der Waals surface area contributed by atoms with Gasteiger partial charge in [-0.15, -0.1) is 0 Å². The first kappa shape index (κ1) is 25.9. The Balaban J connectivity index is 3.30. The van der Waals surface area contributed by atoms with Gasteiger partial charge in [-0.1, -0.05) is 110 Å². The fourth-order valence-electron chi connectivity index (χ4n) is 3.83. The Morgan fingerprint density at radius 2 is 0.885 bits per heavy atom. The summed E-state index contributed by atoms with van der Waals surface area (Å²) in [5, 5.41) is 18.8. The van der Waals surface area contributed by atoms with E-state index in [1.54, 1.807) is 0 Å². The predicted molar refractivity (Wildman–Crippen MR) is 116 cm³/mol. The molecule has 0 radical (unpaired) electrons. The molecular weight excluding hydrogens is 320 g/mol. The summed E-state index contributed by atoms with van der Waals surface area (Å²) >= 11 is 0. The molecule has 0 saturated carbocycles. The molecule has 0 spiro atoms. The molecule has 0 aromatic heterocycles. The lowest BCUT2D eigenvalue weighted by Crippen LogP contribution is -2.06. The van der Waals surface area contributed by atoms with Crippen LogP contribution in [0.3, 0.4) is 0 Å². The maximum atomic E-state index is 9.57. The van der Waals surface area contributed by atoms with Crippen LogP contribution in [0.4, 0.5) is 0 Å². The number of hydrogen-bond donors (Lipinski definition) is 2. The summed E-state index contributed by atoms with van der Waals surface area (Å²) in [6.07, 6.45) is 24.8. The molecule has 26 heavy (non-hydrogen) atoms. The van der Waals surface area contributed by atoms with Crippen LogP contribution in [0.2, 0.25) is 0 Å². The lowest BCUT2D eigenvalue weighted by Gasteiger charge is -2.14. The van der Waals surface area contributed by atoms with E-state index < -0.39 is 0 Å². The highest BCUT2D eigenvalue weighted by molar-refractivity contribution is 4.60. The zero-order valence-electron chi connectivity index (χ0n) is 18.2. The topological polar surface area (TPSA) is 40.5 Å². The van der Waals surface area contributed by atoms with Crippen molar-refractivity contribution < 1.29 is 10.2 Å². The Hall–Kier alpha value is -0.0800. The second-order valence-corrected chi connectivity index (χ2v) is 8.57. The summed E-state index contributed by atoms with van der Waals surface area (Å²) in [5.74, 6) is 0.541. The summed E-state index contributed by atoms with van der Waals surface area (Å²) in [4.78, 5) is 0. The van der Waals surface area contributed by atoms with E-state index in [0.29, 0.717) is 12.5 Å². The standard InChI is InChI=1S/C24H50O2/c1-3-4-5-6-7-8-9-10-14-17-20-24(22-25)21-18-15-12-11-13-16-19-23(2)26/h23-26H,3-22H2,1-2H3.